The minimum absolute atomic E-state index is 0.429. The van der Waals surface area contributed by atoms with Gasteiger partial charge in [-0.05, 0) is 30.7 Å². The lowest BCUT2D eigenvalue weighted by Gasteiger charge is -2.13. The second-order valence-corrected chi connectivity index (χ2v) is 4.24. The molecule has 0 aliphatic rings. The molecule has 4 nitrogen and oxygen atoms in total. The number of aliphatic hydroxyl groups is 1. The summed E-state index contributed by atoms with van der Waals surface area (Å²) in [4.78, 5) is 4.03. The van der Waals surface area contributed by atoms with Crippen molar-refractivity contribution in [3.63, 3.8) is 0 Å². The zero-order valence-electron chi connectivity index (χ0n) is 11.0. The fraction of sp³-hybridized carbons (Fsp3) is 0.267. The molecule has 100 valence electrons. The largest absolute Gasteiger partial charge is 0.493 e. The quantitative estimate of drug-likeness (QED) is 0.897. The standard InChI is InChI=1S/C15H17NO3/c1-11(17)13-5-6-14(15(8-13)18-2)19-10-12-4-3-7-16-9-12/h3-9,11,17H,10H2,1-2H3/t11-/m1/s1. The van der Waals surface area contributed by atoms with Gasteiger partial charge in [-0.2, -0.15) is 0 Å². The van der Waals surface area contributed by atoms with Crippen LogP contribution >= 0.6 is 0 Å². The summed E-state index contributed by atoms with van der Waals surface area (Å²) in [6, 6.07) is 9.22. The first kappa shape index (κ1) is 13.4. The second-order valence-electron chi connectivity index (χ2n) is 4.24. The minimum Gasteiger partial charge on any atom is -0.493 e. The lowest BCUT2D eigenvalue weighted by atomic mass is 10.1. The Labute approximate surface area is 112 Å². The number of hydrogen-bond donors (Lipinski definition) is 1. The van der Waals surface area contributed by atoms with Gasteiger partial charge in [-0.15, -0.1) is 0 Å². The topological polar surface area (TPSA) is 51.6 Å². The van der Waals surface area contributed by atoms with E-state index in [1.165, 1.54) is 0 Å². The van der Waals surface area contributed by atoms with Crippen LogP contribution in [-0.2, 0) is 6.61 Å². The first-order valence-electron chi connectivity index (χ1n) is 6.08. The van der Waals surface area contributed by atoms with E-state index < -0.39 is 6.10 Å². The lowest BCUT2D eigenvalue weighted by molar-refractivity contribution is 0.198. The Morgan fingerprint density at radius 1 is 1.26 bits per heavy atom. The van der Waals surface area contributed by atoms with Crippen molar-refractivity contribution in [3.05, 3.63) is 53.9 Å². The van der Waals surface area contributed by atoms with Crippen LogP contribution in [0.1, 0.15) is 24.2 Å². The smallest absolute Gasteiger partial charge is 0.161 e. The summed E-state index contributed by atoms with van der Waals surface area (Å²) < 4.78 is 11.0. The average molecular weight is 259 g/mol. The molecule has 19 heavy (non-hydrogen) atoms. The molecular weight excluding hydrogens is 242 g/mol. The number of rotatable bonds is 5. The normalized spacial score (nSPS) is 11.9. The van der Waals surface area contributed by atoms with Gasteiger partial charge in [0.2, 0.25) is 0 Å². The van der Waals surface area contributed by atoms with Gasteiger partial charge < -0.3 is 14.6 Å². The Morgan fingerprint density at radius 2 is 2.11 bits per heavy atom. The van der Waals surface area contributed by atoms with E-state index in [1.54, 1.807) is 38.6 Å². The fourth-order valence-corrected chi connectivity index (χ4v) is 1.71. The summed E-state index contributed by atoms with van der Waals surface area (Å²) in [5, 5.41) is 9.54. The highest BCUT2D eigenvalue weighted by molar-refractivity contribution is 5.43. The van der Waals surface area contributed by atoms with Crippen LogP contribution in [0.4, 0.5) is 0 Å². The van der Waals surface area contributed by atoms with E-state index in [1.807, 2.05) is 18.2 Å². The molecule has 0 radical (unpaired) electrons. The number of ether oxygens (including phenoxy) is 2. The van der Waals surface area contributed by atoms with Gasteiger partial charge in [0.15, 0.2) is 11.5 Å². The molecule has 1 atom stereocenters. The van der Waals surface area contributed by atoms with Gasteiger partial charge in [-0.1, -0.05) is 12.1 Å². The molecule has 1 N–H and O–H groups in total. The van der Waals surface area contributed by atoms with Crippen LogP contribution in [-0.4, -0.2) is 17.2 Å². The maximum absolute atomic E-state index is 9.54. The maximum Gasteiger partial charge on any atom is 0.161 e. The Hall–Kier alpha value is -2.07. The van der Waals surface area contributed by atoms with Crippen LogP contribution < -0.4 is 9.47 Å². The highest BCUT2D eigenvalue weighted by atomic mass is 16.5. The van der Waals surface area contributed by atoms with Crippen LogP contribution in [0.25, 0.3) is 0 Å². The molecule has 0 fully saturated rings. The molecule has 0 aliphatic carbocycles. The van der Waals surface area contributed by atoms with Crippen molar-refractivity contribution in [2.45, 2.75) is 19.6 Å². The number of aromatic nitrogens is 1. The van der Waals surface area contributed by atoms with Crippen LogP contribution in [0.5, 0.6) is 11.5 Å². The van der Waals surface area contributed by atoms with E-state index in [-0.39, 0.29) is 0 Å². The molecule has 0 amide bonds. The van der Waals surface area contributed by atoms with E-state index >= 15 is 0 Å². The molecule has 1 aromatic heterocycles. The Kier molecular flexibility index (Phi) is 4.36. The molecular formula is C15H17NO3. The van der Waals surface area contributed by atoms with Crippen molar-refractivity contribution in [1.29, 1.82) is 0 Å². The van der Waals surface area contributed by atoms with Gasteiger partial charge >= 0.3 is 0 Å². The van der Waals surface area contributed by atoms with Crippen molar-refractivity contribution >= 4 is 0 Å². The second kappa shape index (κ2) is 6.20. The summed E-state index contributed by atoms with van der Waals surface area (Å²) in [7, 11) is 1.58. The molecule has 0 spiro atoms. The molecule has 1 heterocycles. The van der Waals surface area contributed by atoms with Crippen molar-refractivity contribution in [2.24, 2.45) is 0 Å². The summed E-state index contributed by atoms with van der Waals surface area (Å²) in [6.07, 6.45) is 2.96. The molecule has 2 rings (SSSR count). The van der Waals surface area contributed by atoms with Crippen LogP contribution in [0.15, 0.2) is 42.7 Å². The zero-order valence-corrected chi connectivity index (χ0v) is 11.0. The zero-order chi connectivity index (χ0) is 13.7. The van der Waals surface area contributed by atoms with Gasteiger partial charge in [0.1, 0.15) is 6.61 Å². The first-order chi connectivity index (χ1) is 9.20. The number of hydrogen-bond acceptors (Lipinski definition) is 4. The number of methoxy groups -OCH3 is 1. The maximum atomic E-state index is 9.54. The van der Waals surface area contributed by atoms with Gasteiger partial charge in [0.25, 0.3) is 0 Å². The average Bonchev–Trinajstić information content (AvgIpc) is 2.45. The van der Waals surface area contributed by atoms with E-state index in [0.29, 0.717) is 18.1 Å². The number of nitrogens with zero attached hydrogens (tertiary/aromatic N) is 1. The van der Waals surface area contributed by atoms with E-state index in [0.717, 1.165) is 11.1 Å². The molecule has 0 unspecified atom stereocenters. The summed E-state index contributed by atoms with van der Waals surface area (Å²) in [6.45, 7) is 2.14. The molecule has 0 bridgehead atoms. The third-order valence-corrected chi connectivity index (χ3v) is 2.79. The predicted octanol–water partition coefficient (Wildman–Crippen LogP) is 2.72. The van der Waals surface area contributed by atoms with E-state index in [4.69, 9.17) is 9.47 Å². The molecule has 0 aliphatic heterocycles. The molecule has 0 saturated heterocycles. The van der Waals surface area contributed by atoms with Crippen LogP contribution in [0.3, 0.4) is 0 Å². The third-order valence-electron chi connectivity index (χ3n) is 2.79. The van der Waals surface area contributed by atoms with Crippen molar-refractivity contribution in [2.75, 3.05) is 7.11 Å². The Balaban J connectivity index is 2.12. The molecule has 2 aromatic rings. The van der Waals surface area contributed by atoms with Crippen LogP contribution in [0, 0.1) is 0 Å². The molecule has 0 saturated carbocycles. The Morgan fingerprint density at radius 3 is 2.74 bits per heavy atom. The Bertz CT molecular complexity index is 526. The minimum atomic E-state index is -0.527. The number of aliphatic hydroxyl groups excluding tert-OH is 1. The summed E-state index contributed by atoms with van der Waals surface area (Å²) >= 11 is 0. The van der Waals surface area contributed by atoms with Gasteiger partial charge in [0.05, 0.1) is 13.2 Å². The van der Waals surface area contributed by atoms with E-state index in [9.17, 15) is 5.11 Å². The highest BCUT2D eigenvalue weighted by Crippen LogP contribution is 2.30. The van der Waals surface area contributed by atoms with Gasteiger partial charge in [-0.25, -0.2) is 0 Å². The highest BCUT2D eigenvalue weighted by Gasteiger charge is 2.08. The molecule has 4 heteroatoms. The van der Waals surface area contributed by atoms with E-state index in [2.05, 4.69) is 4.98 Å². The SMILES string of the molecule is COc1cc([C@@H](C)O)ccc1OCc1cccnc1. The third kappa shape index (κ3) is 3.45. The summed E-state index contributed by atoms with van der Waals surface area (Å²) in [5.74, 6) is 1.26. The molecule has 1 aromatic carbocycles. The fourth-order valence-electron chi connectivity index (χ4n) is 1.71. The lowest BCUT2D eigenvalue weighted by Crippen LogP contribution is -1.99. The number of pyridine rings is 1. The van der Waals surface area contributed by atoms with Crippen LogP contribution in [0.2, 0.25) is 0 Å². The monoisotopic (exact) mass is 259 g/mol. The van der Waals surface area contributed by atoms with Crippen molar-refractivity contribution < 1.29 is 14.6 Å². The first-order valence-corrected chi connectivity index (χ1v) is 6.08. The number of benzene rings is 1. The predicted molar refractivity (Wildman–Crippen MR) is 72.2 cm³/mol. The van der Waals surface area contributed by atoms with Gasteiger partial charge in [0, 0.05) is 18.0 Å². The van der Waals surface area contributed by atoms with Crippen molar-refractivity contribution in [3.8, 4) is 11.5 Å². The van der Waals surface area contributed by atoms with Crippen molar-refractivity contribution in [1.82, 2.24) is 4.98 Å². The summed E-state index contributed by atoms with van der Waals surface area (Å²) in [5.41, 5.74) is 1.79. The van der Waals surface area contributed by atoms with Gasteiger partial charge in [-0.3, -0.25) is 4.98 Å².